The average molecular weight is 574 g/mol. The molecule has 0 bridgehead atoms. The molecule has 0 radical (unpaired) electrons. The van der Waals surface area contributed by atoms with E-state index >= 15 is 0 Å². The Morgan fingerprint density at radius 1 is 1.10 bits per heavy atom. The van der Waals surface area contributed by atoms with Gasteiger partial charge in [0.05, 0.1) is 12.7 Å². The van der Waals surface area contributed by atoms with Gasteiger partial charge >= 0.3 is 0 Å². The van der Waals surface area contributed by atoms with Crippen molar-refractivity contribution in [3.8, 4) is 5.75 Å². The first-order valence-corrected chi connectivity index (χ1v) is 15.4. The SMILES string of the molecule is CC(C)C.CC/C(C)=C(/C=C\C=C(/C)c1nnc2n1CCC2)NC(=O)c1cc2c(cc1OC)CCN(C(=O)C1CC1)C2. The number of ether oxygens (including phenoxy) is 1. The van der Waals surface area contributed by atoms with E-state index < -0.39 is 0 Å². The number of aromatic nitrogens is 3. The lowest BCUT2D eigenvalue weighted by Gasteiger charge is -2.30. The van der Waals surface area contributed by atoms with Crippen molar-refractivity contribution >= 4 is 17.4 Å². The maximum Gasteiger partial charge on any atom is 0.259 e. The molecule has 3 aliphatic rings. The van der Waals surface area contributed by atoms with Crippen LogP contribution in [0.1, 0.15) is 100 Å². The summed E-state index contributed by atoms with van der Waals surface area (Å²) >= 11 is 0. The molecule has 42 heavy (non-hydrogen) atoms. The highest BCUT2D eigenvalue weighted by molar-refractivity contribution is 5.98. The van der Waals surface area contributed by atoms with E-state index in [-0.39, 0.29) is 17.7 Å². The third-order valence-electron chi connectivity index (χ3n) is 7.83. The number of carbonyl (C=O) groups excluding carboxylic acids is 2. The zero-order valence-corrected chi connectivity index (χ0v) is 26.4. The molecule has 2 aliphatic heterocycles. The summed E-state index contributed by atoms with van der Waals surface area (Å²) in [6.07, 6.45) is 11.5. The van der Waals surface area contributed by atoms with Crippen molar-refractivity contribution in [2.45, 2.75) is 93.2 Å². The summed E-state index contributed by atoms with van der Waals surface area (Å²) < 4.78 is 7.79. The number of nitrogens with zero attached hydrogens (tertiary/aromatic N) is 4. The van der Waals surface area contributed by atoms with Crippen LogP contribution >= 0.6 is 0 Å². The van der Waals surface area contributed by atoms with Gasteiger partial charge in [-0.25, -0.2) is 0 Å². The third-order valence-corrected chi connectivity index (χ3v) is 7.83. The van der Waals surface area contributed by atoms with Crippen LogP contribution in [0, 0.1) is 11.8 Å². The molecule has 1 aliphatic carbocycles. The minimum absolute atomic E-state index is 0.192. The van der Waals surface area contributed by atoms with E-state index in [1.165, 1.54) is 0 Å². The van der Waals surface area contributed by atoms with Crippen molar-refractivity contribution in [2.75, 3.05) is 13.7 Å². The Hall–Kier alpha value is -3.68. The van der Waals surface area contributed by atoms with Gasteiger partial charge in [-0.2, -0.15) is 0 Å². The average Bonchev–Trinajstić information content (AvgIpc) is 3.58. The number of aryl methyl sites for hydroxylation is 1. The van der Waals surface area contributed by atoms with E-state index in [2.05, 4.69) is 47.8 Å². The summed E-state index contributed by atoms with van der Waals surface area (Å²) in [5.74, 6) is 3.54. The van der Waals surface area contributed by atoms with Crippen molar-refractivity contribution < 1.29 is 14.3 Å². The lowest BCUT2D eigenvalue weighted by atomic mass is 9.95. The molecular formula is C34H47N5O3. The molecule has 3 heterocycles. The zero-order valence-electron chi connectivity index (χ0n) is 26.4. The largest absolute Gasteiger partial charge is 0.496 e. The highest BCUT2D eigenvalue weighted by Gasteiger charge is 2.35. The smallest absolute Gasteiger partial charge is 0.259 e. The van der Waals surface area contributed by atoms with Crippen LogP contribution in [0.4, 0.5) is 0 Å². The van der Waals surface area contributed by atoms with Crippen molar-refractivity contribution in [3.63, 3.8) is 0 Å². The maximum atomic E-state index is 13.5. The monoisotopic (exact) mass is 573 g/mol. The number of nitrogens with one attached hydrogen (secondary N) is 1. The van der Waals surface area contributed by atoms with Crippen LogP contribution in [0.25, 0.3) is 5.57 Å². The normalized spacial score (nSPS) is 17.0. The van der Waals surface area contributed by atoms with Crippen molar-refractivity contribution in [3.05, 3.63) is 70.0 Å². The molecule has 8 heteroatoms. The Morgan fingerprint density at radius 3 is 2.50 bits per heavy atom. The molecule has 5 rings (SSSR count). The maximum absolute atomic E-state index is 13.5. The minimum Gasteiger partial charge on any atom is -0.496 e. The van der Waals surface area contributed by atoms with Crippen LogP contribution in [-0.4, -0.2) is 45.1 Å². The summed E-state index contributed by atoms with van der Waals surface area (Å²) in [6, 6.07) is 3.85. The molecule has 2 aromatic rings. The molecule has 226 valence electrons. The quantitative estimate of drug-likeness (QED) is 0.377. The fraction of sp³-hybridized carbons (Fsp3) is 0.529. The summed E-state index contributed by atoms with van der Waals surface area (Å²) in [7, 11) is 1.59. The van der Waals surface area contributed by atoms with Crippen LogP contribution in [0.15, 0.2) is 41.6 Å². The highest BCUT2D eigenvalue weighted by Crippen LogP contribution is 2.34. The summed E-state index contributed by atoms with van der Waals surface area (Å²) in [6.45, 7) is 14.8. The van der Waals surface area contributed by atoms with Crippen molar-refractivity contribution in [1.82, 2.24) is 25.0 Å². The number of carbonyl (C=O) groups is 2. The summed E-state index contributed by atoms with van der Waals surface area (Å²) in [4.78, 5) is 28.1. The number of allylic oxidation sites excluding steroid dienone is 5. The van der Waals surface area contributed by atoms with Crippen LogP contribution < -0.4 is 10.1 Å². The van der Waals surface area contributed by atoms with Crippen molar-refractivity contribution in [2.24, 2.45) is 11.8 Å². The lowest BCUT2D eigenvalue weighted by Crippen LogP contribution is -2.37. The fourth-order valence-corrected chi connectivity index (χ4v) is 5.19. The number of rotatable bonds is 8. The number of benzene rings is 1. The van der Waals surface area contributed by atoms with E-state index in [1.807, 2.05) is 49.1 Å². The van der Waals surface area contributed by atoms with E-state index in [1.54, 1.807) is 7.11 Å². The minimum atomic E-state index is -0.223. The standard InChI is InChI=1S/C30H37N5O3.C4H10/c1-5-19(2)25(9-6-8-20(3)28-33-32-27-10-7-14-35(27)28)31-29(36)24-16-23-18-34(30(37)21-11-12-21)15-13-22(23)17-26(24)38-4;1-4(2)3/h6,8-9,16-17,21H,5,7,10-15,18H2,1-4H3,(H,31,36);4H,1-3H3/b9-6-,20-8+,25-19-;. The molecule has 1 fully saturated rings. The van der Waals surface area contributed by atoms with Gasteiger partial charge in [0.15, 0.2) is 5.82 Å². The molecule has 1 N–H and O–H groups in total. The molecule has 0 unspecified atom stereocenters. The Morgan fingerprint density at radius 2 is 1.83 bits per heavy atom. The first-order chi connectivity index (χ1) is 20.1. The molecule has 0 atom stereocenters. The number of fused-ring (bicyclic) bond motifs is 2. The molecule has 2 amide bonds. The van der Waals surface area contributed by atoms with Crippen LogP contribution in [0.5, 0.6) is 5.75 Å². The third kappa shape index (κ3) is 7.58. The highest BCUT2D eigenvalue weighted by atomic mass is 16.5. The summed E-state index contributed by atoms with van der Waals surface area (Å²) in [5, 5.41) is 11.8. The van der Waals surface area contributed by atoms with E-state index in [0.29, 0.717) is 17.9 Å². The number of hydrogen-bond donors (Lipinski definition) is 1. The molecular weight excluding hydrogens is 526 g/mol. The van der Waals surface area contributed by atoms with E-state index in [0.717, 1.165) is 97.2 Å². The first kappa shape index (κ1) is 31.3. The second-order valence-corrected chi connectivity index (χ2v) is 12.2. The van der Waals surface area contributed by atoms with Gasteiger partial charge in [-0.1, -0.05) is 39.8 Å². The Bertz CT molecular complexity index is 1390. The molecule has 0 saturated heterocycles. The Labute approximate surface area is 250 Å². The van der Waals surface area contributed by atoms with Gasteiger partial charge in [-0.05, 0) is 92.4 Å². The predicted octanol–water partition coefficient (Wildman–Crippen LogP) is 6.26. The van der Waals surface area contributed by atoms with Crippen LogP contribution in [-0.2, 0) is 30.7 Å². The molecule has 1 aromatic heterocycles. The van der Waals surface area contributed by atoms with Gasteiger partial charge in [0.25, 0.3) is 5.91 Å². The van der Waals surface area contributed by atoms with E-state index in [9.17, 15) is 9.59 Å². The molecule has 0 spiro atoms. The molecule has 1 saturated carbocycles. The first-order valence-electron chi connectivity index (χ1n) is 15.4. The van der Waals surface area contributed by atoms with Gasteiger partial charge in [-0.15, -0.1) is 10.2 Å². The predicted molar refractivity (Wildman–Crippen MR) is 167 cm³/mol. The second kappa shape index (κ2) is 14.0. The van der Waals surface area contributed by atoms with Crippen molar-refractivity contribution in [1.29, 1.82) is 0 Å². The van der Waals surface area contributed by atoms with Gasteiger partial charge in [0, 0.05) is 37.7 Å². The number of hydrogen-bond acceptors (Lipinski definition) is 5. The fourth-order valence-electron chi connectivity index (χ4n) is 5.19. The van der Waals surface area contributed by atoms with Gasteiger partial charge in [-0.3, -0.25) is 9.59 Å². The van der Waals surface area contributed by atoms with Gasteiger partial charge in [0.1, 0.15) is 11.6 Å². The zero-order chi connectivity index (χ0) is 30.4. The second-order valence-electron chi connectivity index (χ2n) is 12.2. The molecule has 1 aromatic carbocycles. The number of methoxy groups -OCH3 is 1. The Kier molecular flexibility index (Phi) is 10.4. The van der Waals surface area contributed by atoms with Crippen LogP contribution in [0.3, 0.4) is 0 Å². The van der Waals surface area contributed by atoms with Gasteiger partial charge < -0.3 is 19.5 Å². The topological polar surface area (TPSA) is 89.3 Å². The Balaban J connectivity index is 0.000000952. The van der Waals surface area contributed by atoms with Crippen LogP contribution in [0.2, 0.25) is 0 Å². The van der Waals surface area contributed by atoms with E-state index in [4.69, 9.17) is 4.74 Å². The number of amides is 2. The molecule has 8 nitrogen and oxygen atoms in total. The lowest BCUT2D eigenvalue weighted by molar-refractivity contribution is -0.133. The van der Waals surface area contributed by atoms with Gasteiger partial charge in [0.2, 0.25) is 5.91 Å². The summed E-state index contributed by atoms with van der Waals surface area (Å²) in [5.41, 5.74) is 5.50.